The number of ether oxygens (including phenoxy) is 1. The van der Waals surface area contributed by atoms with Crippen LogP contribution in [-0.2, 0) is 13.1 Å². The topological polar surface area (TPSA) is 48.9 Å². The Labute approximate surface area is 167 Å². The maximum Gasteiger partial charge on any atom is 0.191 e. The Bertz CT molecular complexity index is 820. The molecule has 2 rings (SSSR count). The van der Waals surface area contributed by atoms with E-state index in [0.717, 1.165) is 16.9 Å². The summed E-state index contributed by atoms with van der Waals surface area (Å²) in [5.74, 6) is 1.34. The van der Waals surface area contributed by atoms with Crippen LogP contribution in [0.2, 0.25) is 0 Å². The molecule has 0 radical (unpaired) electrons. The van der Waals surface area contributed by atoms with Crippen molar-refractivity contribution in [1.82, 2.24) is 15.5 Å². The van der Waals surface area contributed by atoms with E-state index in [4.69, 9.17) is 4.74 Å². The van der Waals surface area contributed by atoms with Gasteiger partial charge >= 0.3 is 0 Å². The minimum Gasteiger partial charge on any atom is -0.496 e. The lowest BCUT2D eigenvalue weighted by atomic mass is 10.0. The molecule has 0 amide bonds. The summed E-state index contributed by atoms with van der Waals surface area (Å²) in [6.45, 7) is 5.24. The van der Waals surface area contributed by atoms with E-state index in [-0.39, 0.29) is 11.9 Å². The van der Waals surface area contributed by atoms with Crippen molar-refractivity contribution in [3.05, 3.63) is 64.5 Å². The molecule has 0 aliphatic rings. The van der Waals surface area contributed by atoms with Gasteiger partial charge in [0.1, 0.15) is 11.6 Å². The summed E-state index contributed by atoms with van der Waals surface area (Å²) in [7, 11) is 7.26. The van der Waals surface area contributed by atoms with Crippen molar-refractivity contribution >= 4 is 5.96 Å². The van der Waals surface area contributed by atoms with Crippen molar-refractivity contribution in [2.24, 2.45) is 4.99 Å². The maximum absolute atomic E-state index is 14.0. The Balaban J connectivity index is 2.05. The Kier molecular flexibility index (Phi) is 7.81. The van der Waals surface area contributed by atoms with E-state index in [9.17, 15) is 4.39 Å². The smallest absolute Gasteiger partial charge is 0.191 e. The van der Waals surface area contributed by atoms with Crippen molar-refractivity contribution < 1.29 is 9.13 Å². The van der Waals surface area contributed by atoms with Gasteiger partial charge in [-0.15, -0.1) is 0 Å². The molecule has 0 bridgehead atoms. The second-order valence-corrected chi connectivity index (χ2v) is 7.20. The number of hydrogen-bond donors (Lipinski definition) is 2. The average Bonchev–Trinajstić information content (AvgIpc) is 2.66. The molecule has 152 valence electrons. The number of halogens is 1. The molecule has 2 aromatic carbocycles. The molecule has 2 N–H and O–H groups in total. The van der Waals surface area contributed by atoms with Crippen LogP contribution in [0.1, 0.15) is 35.2 Å². The molecule has 0 aliphatic heterocycles. The number of rotatable bonds is 7. The maximum atomic E-state index is 14.0. The number of benzene rings is 2. The Morgan fingerprint density at radius 2 is 1.96 bits per heavy atom. The molecule has 0 heterocycles. The quantitative estimate of drug-likeness (QED) is 0.564. The Hall–Kier alpha value is -2.60. The summed E-state index contributed by atoms with van der Waals surface area (Å²) in [6.07, 6.45) is 0. The monoisotopic (exact) mass is 386 g/mol. The minimum atomic E-state index is -0.180. The van der Waals surface area contributed by atoms with Gasteiger partial charge in [-0.2, -0.15) is 0 Å². The molecule has 0 saturated carbocycles. The van der Waals surface area contributed by atoms with Crippen molar-refractivity contribution in [3.8, 4) is 5.75 Å². The van der Waals surface area contributed by atoms with Gasteiger partial charge in [0.2, 0.25) is 0 Å². The number of guanidine groups is 1. The van der Waals surface area contributed by atoms with Crippen molar-refractivity contribution in [2.45, 2.75) is 33.0 Å². The summed E-state index contributed by atoms with van der Waals surface area (Å²) in [5, 5.41) is 6.69. The van der Waals surface area contributed by atoms with E-state index in [1.165, 1.54) is 11.6 Å². The first-order valence-electron chi connectivity index (χ1n) is 9.37. The molecule has 0 spiro atoms. The first-order chi connectivity index (χ1) is 13.3. The molecular weight excluding hydrogens is 355 g/mol. The third-order valence-corrected chi connectivity index (χ3v) is 4.49. The molecule has 0 saturated heterocycles. The zero-order chi connectivity index (χ0) is 20.7. The van der Waals surface area contributed by atoms with E-state index >= 15 is 0 Å². The number of methoxy groups -OCH3 is 1. The highest BCUT2D eigenvalue weighted by Crippen LogP contribution is 2.26. The Morgan fingerprint density at radius 3 is 2.61 bits per heavy atom. The fourth-order valence-electron chi connectivity index (χ4n) is 3.06. The van der Waals surface area contributed by atoms with Gasteiger partial charge in [0, 0.05) is 31.3 Å². The van der Waals surface area contributed by atoms with Gasteiger partial charge in [-0.3, -0.25) is 4.99 Å². The van der Waals surface area contributed by atoms with Gasteiger partial charge < -0.3 is 20.3 Å². The van der Waals surface area contributed by atoms with Crippen molar-refractivity contribution in [1.29, 1.82) is 0 Å². The molecule has 0 aromatic heterocycles. The molecule has 28 heavy (non-hydrogen) atoms. The third kappa shape index (κ3) is 5.96. The lowest BCUT2D eigenvalue weighted by Crippen LogP contribution is -2.38. The largest absolute Gasteiger partial charge is 0.496 e. The van der Waals surface area contributed by atoms with Crippen LogP contribution in [0.3, 0.4) is 0 Å². The average molecular weight is 387 g/mol. The first-order valence-corrected chi connectivity index (χ1v) is 9.37. The van der Waals surface area contributed by atoms with Crippen LogP contribution in [-0.4, -0.2) is 39.1 Å². The van der Waals surface area contributed by atoms with Crippen molar-refractivity contribution in [2.75, 3.05) is 28.3 Å². The van der Waals surface area contributed by atoms with Gasteiger partial charge in [-0.25, -0.2) is 4.39 Å². The van der Waals surface area contributed by atoms with Gasteiger partial charge in [0.05, 0.1) is 13.2 Å². The summed E-state index contributed by atoms with van der Waals surface area (Å²) >= 11 is 0. The SMILES string of the molecule is CN=C(NCc1ccc(F)c(CN(C)C)c1)NC(C)c1cc(C)ccc1OC. The molecule has 6 heteroatoms. The number of hydrogen-bond acceptors (Lipinski definition) is 3. The second-order valence-electron chi connectivity index (χ2n) is 7.20. The second kappa shape index (κ2) is 10.1. The van der Waals surface area contributed by atoms with Gasteiger partial charge in [0.15, 0.2) is 5.96 Å². The van der Waals surface area contributed by atoms with E-state index in [1.807, 2.05) is 37.2 Å². The van der Waals surface area contributed by atoms with Gasteiger partial charge in [-0.05, 0) is 51.7 Å². The van der Waals surface area contributed by atoms with Crippen LogP contribution >= 0.6 is 0 Å². The molecular formula is C22H31FN4O. The highest BCUT2D eigenvalue weighted by molar-refractivity contribution is 5.80. The van der Waals surface area contributed by atoms with Crippen LogP contribution in [0.4, 0.5) is 4.39 Å². The zero-order valence-corrected chi connectivity index (χ0v) is 17.6. The first kappa shape index (κ1) is 21.7. The predicted octanol–water partition coefficient (Wildman–Crippen LogP) is 3.63. The van der Waals surface area contributed by atoms with Crippen LogP contribution < -0.4 is 15.4 Å². The molecule has 5 nitrogen and oxygen atoms in total. The van der Waals surface area contributed by atoms with E-state index in [0.29, 0.717) is 24.6 Å². The van der Waals surface area contributed by atoms with E-state index in [1.54, 1.807) is 20.2 Å². The summed E-state index contributed by atoms with van der Waals surface area (Å²) in [4.78, 5) is 6.26. The summed E-state index contributed by atoms with van der Waals surface area (Å²) in [5.41, 5.74) is 3.93. The van der Waals surface area contributed by atoms with Gasteiger partial charge in [-0.1, -0.05) is 23.8 Å². The molecule has 2 aromatic rings. The van der Waals surface area contributed by atoms with Crippen LogP contribution in [0.5, 0.6) is 5.75 Å². The minimum absolute atomic E-state index is 0.0126. The lowest BCUT2D eigenvalue weighted by molar-refractivity contribution is 0.392. The number of aryl methyl sites for hydroxylation is 1. The fourth-order valence-corrected chi connectivity index (χ4v) is 3.06. The van der Waals surface area contributed by atoms with E-state index in [2.05, 4.69) is 35.5 Å². The van der Waals surface area contributed by atoms with Crippen LogP contribution in [0.25, 0.3) is 0 Å². The zero-order valence-electron chi connectivity index (χ0n) is 17.6. The number of nitrogens with zero attached hydrogens (tertiary/aromatic N) is 2. The normalized spacial score (nSPS) is 12.8. The van der Waals surface area contributed by atoms with Crippen LogP contribution in [0, 0.1) is 12.7 Å². The summed E-state index contributed by atoms with van der Waals surface area (Å²) in [6, 6.07) is 11.3. The number of nitrogens with one attached hydrogen (secondary N) is 2. The van der Waals surface area contributed by atoms with Crippen molar-refractivity contribution in [3.63, 3.8) is 0 Å². The standard InChI is InChI=1S/C22H31FN4O/c1-15-7-10-21(28-6)19(11-15)16(2)26-22(24-3)25-13-17-8-9-20(23)18(12-17)14-27(4)5/h7-12,16H,13-14H2,1-6H3,(H2,24,25,26). The lowest BCUT2D eigenvalue weighted by Gasteiger charge is -2.21. The number of aliphatic imine (C=N–C) groups is 1. The van der Waals surface area contributed by atoms with E-state index < -0.39 is 0 Å². The Morgan fingerprint density at radius 1 is 1.21 bits per heavy atom. The van der Waals surface area contributed by atoms with Gasteiger partial charge in [0.25, 0.3) is 0 Å². The molecule has 1 atom stereocenters. The fraction of sp³-hybridized carbons (Fsp3) is 0.409. The predicted molar refractivity (Wildman–Crippen MR) is 113 cm³/mol. The molecule has 0 aliphatic carbocycles. The summed E-state index contributed by atoms with van der Waals surface area (Å²) < 4.78 is 19.4. The van der Waals surface area contributed by atoms with Crippen LogP contribution in [0.15, 0.2) is 41.4 Å². The third-order valence-electron chi connectivity index (χ3n) is 4.49. The molecule has 0 fully saturated rings. The highest BCUT2D eigenvalue weighted by atomic mass is 19.1. The molecule has 1 unspecified atom stereocenters. The highest BCUT2D eigenvalue weighted by Gasteiger charge is 2.13.